The first-order valence-corrected chi connectivity index (χ1v) is 6.62. The molecule has 4 heteroatoms. The molecule has 1 aromatic rings. The van der Waals surface area contributed by atoms with E-state index >= 15 is 0 Å². The maximum atomic E-state index is 5.74. The summed E-state index contributed by atoms with van der Waals surface area (Å²) < 4.78 is 5.74. The van der Waals surface area contributed by atoms with Crippen LogP contribution in [0.25, 0.3) is 0 Å². The Kier molecular flexibility index (Phi) is 5.12. The third kappa shape index (κ3) is 3.91. The molecule has 0 amide bonds. The van der Waals surface area contributed by atoms with Crippen molar-refractivity contribution >= 4 is 6.21 Å². The van der Waals surface area contributed by atoms with Gasteiger partial charge >= 0.3 is 0 Å². The summed E-state index contributed by atoms with van der Waals surface area (Å²) in [5, 5.41) is 3.37. The van der Waals surface area contributed by atoms with Crippen molar-refractivity contribution in [2.24, 2.45) is 10.7 Å². The van der Waals surface area contributed by atoms with Crippen molar-refractivity contribution in [3.05, 3.63) is 47.7 Å². The van der Waals surface area contributed by atoms with Gasteiger partial charge in [-0.3, -0.25) is 4.99 Å². The minimum atomic E-state index is -0.0155. The third-order valence-corrected chi connectivity index (χ3v) is 3.20. The lowest BCUT2D eigenvalue weighted by atomic mass is 10.0. The molecule has 1 aromatic carbocycles. The molecule has 0 spiro atoms. The Morgan fingerprint density at radius 3 is 2.95 bits per heavy atom. The van der Waals surface area contributed by atoms with Crippen LogP contribution in [0, 0.1) is 0 Å². The minimum absolute atomic E-state index is 0.0155. The van der Waals surface area contributed by atoms with E-state index in [-0.39, 0.29) is 12.1 Å². The molecule has 102 valence electrons. The first kappa shape index (κ1) is 13.8. The smallest absolute Gasteiger partial charge is 0.100 e. The number of hydrogen-bond donors (Lipinski definition) is 2. The van der Waals surface area contributed by atoms with Gasteiger partial charge in [-0.15, -0.1) is 0 Å². The summed E-state index contributed by atoms with van der Waals surface area (Å²) in [5.74, 6) is 0. The van der Waals surface area contributed by atoms with Gasteiger partial charge in [0.15, 0.2) is 0 Å². The molecule has 0 aromatic heterocycles. The van der Waals surface area contributed by atoms with Crippen molar-refractivity contribution in [1.29, 1.82) is 0 Å². The van der Waals surface area contributed by atoms with Crippen molar-refractivity contribution in [3.63, 3.8) is 0 Å². The van der Waals surface area contributed by atoms with Crippen LogP contribution in [0.3, 0.4) is 0 Å². The first-order valence-electron chi connectivity index (χ1n) is 6.62. The number of aliphatic imine (C=N–C) groups is 1. The molecule has 1 fully saturated rings. The monoisotopic (exact) mass is 259 g/mol. The average molecular weight is 259 g/mol. The van der Waals surface area contributed by atoms with E-state index in [9.17, 15) is 0 Å². The lowest BCUT2D eigenvalue weighted by Gasteiger charge is -2.30. The van der Waals surface area contributed by atoms with Crippen molar-refractivity contribution in [2.75, 3.05) is 13.2 Å². The van der Waals surface area contributed by atoms with Crippen LogP contribution >= 0.6 is 0 Å². The van der Waals surface area contributed by atoms with Gasteiger partial charge in [0.25, 0.3) is 0 Å². The maximum Gasteiger partial charge on any atom is 0.100 e. The van der Waals surface area contributed by atoms with Gasteiger partial charge in [0.05, 0.1) is 13.2 Å². The van der Waals surface area contributed by atoms with Crippen LogP contribution in [-0.2, 0) is 11.3 Å². The highest BCUT2D eigenvalue weighted by atomic mass is 16.5. The number of nitrogens with one attached hydrogen (secondary N) is 1. The van der Waals surface area contributed by atoms with E-state index in [2.05, 4.69) is 29.4 Å². The number of morpholine rings is 1. The second-order valence-corrected chi connectivity index (χ2v) is 4.66. The molecule has 1 saturated heterocycles. The van der Waals surface area contributed by atoms with Crippen molar-refractivity contribution < 1.29 is 4.74 Å². The van der Waals surface area contributed by atoms with E-state index in [0.717, 1.165) is 12.1 Å². The topological polar surface area (TPSA) is 59.6 Å². The summed E-state index contributed by atoms with van der Waals surface area (Å²) in [6.07, 6.45) is 3.39. The highest BCUT2D eigenvalue weighted by Gasteiger charge is 2.24. The standard InChI is InChI=1S/C15H21N3O/c1-12-15(19-8-7-18-12)14(9-16)11-17-10-13-5-3-2-4-6-13/h2-6,9,11-12,15,18H,7-8,10,16H2,1H3. The van der Waals surface area contributed by atoms with Crippen LogP contribution in [0.2, 0.25) is 0 Å². The van der Waals surface area contributed by atoms with E-state index in [0.29, 0.717) is 13.2 Å². The van der Waals surface area contributed by atoms with E-state index in [1.807, 2.05) is 24.4 Å². The summed E-state index contributed by atoms with van der Waals surface area (Å²) in [4.78, 5) is 4.44. The molecule has 0 bridgehead atoms. The molecule has 2 unspecified atom stereocenters. The zero-order valence-corrected chi connectivity index (χ0v) is 11.3. The molecular weight excluding hydrogens is 238 g/mol. The van der Waals surface area contributed by atoms with Crippen molar-refractivity contribution in [1.82, 2.24) is 5.32 Å². The van der Waals surface area contributed by atoms with E-state index < -0.39 is 0 Å². The number of nitrogens with zero attached hydrogens (tertiary/aromatic N) is 1. The number of rotatable bonds is 4. The van der Waals surface area contributed by atoms with E-state index in [1.165, 1.54) is 5.56 Å². The molecule has 0 saturated carbocycles. The van der Waals surface area contributed by atoms with Crippen LogP contribution in [-0.4, -0.2) is 31.5 Å². The molecule has 0 aliphatic carbocycles. The second-order valence-electron chi connectivity index (χ2n) is 4.66. The van der Waals surface area contributed by atoms with Crippen molar-refractivity contribution in [2.45, 2.75) is 25.6 Å². The van der Waals surface area contributed by atoms with Crippen LogP contribution in [0.15, 0.2) is 47.1 Å². The highest BCUT2D eigenvalue weighted by molar-refractivity contribution is 5.80. The van der Waals surface area contributed by atoms with Gasteiger partial charge in [-0.2, -0.15) is 0 Å². The number of hydrogen-bond acceptors (Lipinski definition) is 4. The quantitative estimate of drug-likeness (QED) is 0.805. The van der Waals surface area contributed by atoms with Gasteiger partial charge in [-0.1, -0.05) is 30.3 Å². The molecule has 1 aliphatic rings. The Bertz CT molecular complexity index is 442. The van der Waals surface area contributed by atoms with Gasteiger partial charge in [0.1, 0.15) is 6.10 Å². The van der Waals surface area contributed by atoms with Gasteiger partial charge in [0.2, 0.25) is 0 Å². The normalized spacial score (nSPS) is 24.8. The predicted octanol–water partition coefficient (Wildman–Crippen LogP) is 1.48. The number of nitrogens with two attached hydrogens (primary N) is 1. The molecule has 19 heavy (non-hydrogen) atoms. The zero-order chi connectivity index (χ0) is 13.5. The van der Waals surface area contributed by atoms with Gasteiger partial charge < -0.3 is 15.8 Å². The molecular formula is C15H21N3O. The Morgan fingerprint density at radius 1 is 1.47 bits per heavy atom. The Hall–Kier alpha value is -1.65. The summed E-state index contributed by atoms with van der Waals surface area (Å²) >= 11 is 0. The molecule has 0 radical (unpaired) electrons. The largest absolute Gasteiger partial charge is 0.404 e. The van der Waals surface area contributed by atoms with Gasteiger partial charge in [0, 0.05) is 30.6 Å². The first-order chi connectivity index (χ1) is 9.31. The zero-order valence-electron chi connectivity index (χ0n) is 11.3. The number of benzene rings is 1. The molecule has 2 atom stereocenters. The van der Waals surface area contributed by atoms with Gasteiger partial charge in [-0.05, 0) is 12.5 Å². The Balaban J connectivity index is 1.95. The summed E-state index contributed by atoms with van der Waals surface area (Å²) in [7, 11) is 0. The summed E-state index contributed by atoms with van der Waals surface area (Å²) in [6.45, 7) is 4.35. The second kappa shape index (κ2) is 7.07. The number of ether oxygens (including phenoxy) is 1. The van der Waals surface area contributed by atoms with Crippen molar-refractivity contribution in [3.8, 4) is 0 Å². The van der Waals surface area contributed by atoms with Gasteiger partial charge in [-0.25, -0.2) is 0 Å². The Morgan fingerprint density at radius 2 is 2.26 bits per heavy atom. The Labute approximate surface area is 114 Å². The SMILES string of the molecule is CC1NCCOC1C(C=NCc1ccccc1)=CN. The fourth-order valence-corrected chi connectivity index (χ4v) is 2.16. The molecule has 3 N–H and O–H groups in total. The fraction of sp³-hybridized carbons (Fsp3) is 0.400. The van der Waals surface area contributed by atoms with Crippen LogP contribution in [0.5, 0.6) is 0 Å². The molecule has 4 nitrogen and oxygen atoms in total. The van der Waals surface area contributed by atoms with Crippen LogP contribution in [0.1, 0.15) is 12.5 Å². The summed E-state index contributed by atoms with van der Waals surface area (Å²) in [6, 6.07) is 10.4. The molecule has 2 rings (SSSR count). The average Bonchev–Trinajstić information content (AvgIpc) is 2.46. The van der Waals surface area contributed by atoms with E-state index in [1.54, 1.807) is 6.20 Å². The van der Waals surface area contributed by atoms with E-state index in [4.69, 9.17) is 10.5 Å². The highest BCUT2D eigenvalue weighted by Crippen LogP contribution is 2.12. The van der Waals surface area contributed by atoms with Crippen LogP contribution < -0.4 is 11.1 Å². The lowest BCUT2D eigenvalue weighted by Crippen LogP contribution is -2.47. The summed E-state index contributed by atoms with van der Waals surface area (Å²) in [5.41, 5.74) is 7.80. The fourth-order valence-electron chi connectivity index (χ4n) is 2.16. The maximum absolute atomic E-state index is 5.74. The minimum Gasteiger partial charge on any atom is -0.404 e. The van der Waals surface area contributed by atoms with Crippen LogP contribution in [0.4, 0.5) is 0 Å². The molecule has 1 aliphatic heterocycles. The lowest BCUT2D eigenvalue weighted by molar-refractivity contribution is 0.0280. The third-order valence-electron chi connectivity index (χ3n) is 3.20. The molecule has 1 heterocycles. The predicted molar refractivity (Wildman–Crippen MR) is 78.1 cm³/mol.